The van der Waals surface area contributed by atoms with Crippen LogP contribution in [0.5, 0.6) is 0 Å². The summed E-state index contributed by atoms with van der Waals surface area (Å²) in [4.78, 5) is 0.229. The van der Waals surface area contributed by atoms with Gasteiger partial charge in [0.1, 0.15) is 4.90 Å². The first kappa shape index (κ1) is 12.5. The van der Waals surface area contributed by atoms with Gasteiger partial charge in [0, 0.05) is 12.1 Å². The minimum absolute atomic E-state index is 0.00546. The molecule has 0 aliphatic heterocycles. The van der Waals surface area contributed by atoms with Gasteiger partial charge < -0.3 is 5.73 Å². The third-order valence-corrected chi connectivity index (χ3v) is 4.80. The highest BCUT2D eigenvalue weighted by Crippen LogP contribution is 2.20. The molecule has 1 aromatic heterocycles. The largest absolute Gasteiger partial charge is 0.328 e. The lowest BCUT2D eigenvalue weighted by molar-refractivity contribution is 0.373. The van der Waals surface area contributed by atoms with E-state index >= 15 is 0 Å². The molecule has 7 heteroatoms. The molecule has 0 unspecified atom stereocenters. The molecule has 0 amide bonds. The van der Waals surface area contributed by atoms with Gasteiger partial charge in [0.05, 0.1) is 11.9 Å². The van der Waals surface area contributed by atoms with Crippen LogP contribution in [0.3, 0.4) is 0 Å². The summed E-state index contributed by atoms with van der Waals surface area (Å²) in [6.07, 6.45) is 4.69. The van der Waals surface area contributed by atoms with Gasteiger partial charge in [-0.3, -0.25) is 5.10 Å². The quantitative estimate of drug-likeness (QED) is 0.724. The first-order valence-electron chi connectivity index (χ1n) is 5.77. The number of nitrogens with zero attached hydrogens (tertiary/aromatic N) is 1. The predicted octanol–water partition coefficient (Wildman–Crippen LogP) is 0.266. The average Bonchev–Trinajstić information content (AvgIpc) is 2.68. The van der Waals surface area contributed by atoms with Crippen molar-refractivity contribution in [2.24, 2.45) is 5.73 Å². The highest BCUT2D eigenvalue weighted by molar-refractivity contribution is 7.89. The maximum Gasteiger partial charge on any atom is 0.244 e. The second-order valence-electron chi connectivity index (χ2n) is 4.59. The van der Waals surface area contributed by atoms with Crippen molar-refractivity contribution in [3.8, 4) is 0 Å². The maximum atomic E-state index is 12.1. The van der Waals surface area contributed by atoms with Gasteiger partial charge >= 0.3 is 0 Å². The molecule has 4 N–H and O–H groups in total. The summed E-state index contributed by atoms with van der Waals surface area (Å²) in [6, 6.07) is 0.209. The molecule has 1 aromatic rings. The van der Waals surface area contributed by atoms with Gasteiger partial charge in [0.15, 0.2) is 0 Å². The zero-order chi connectivity index (χ0) is 12.5. The lowest BCUT2D eigenvalue weighted by Gasteiger charge is -2.26. The molecule has 1 heterocycles. The molecular weight excluding hydrogens is 240 g/mol. The predicted molar refractivity (Wildman–Crippen MR) is 63.9 cm³/mol. The van der Waals surface area contributed by atoms with Crippen LogP contribution in [-0.2, 0) is 10.0 Å². The molecule has 1 aliphatic carbocycles. The van der Waals surface area contributed by atoms with E-state index in [-0.39, 0.29) is 17.0 Å². The molecule has 6 nitrogen and oxygen atoms in total. The van der Waals surface area contributed by atoms with Crippen LogP contribution < -0.4 is 10.5 Å². The van der Waals surface area contributed by atoms with Crippen molar-refractivity contribution in [1.29, 1.82) is 0 Å². The fourth-order valence-electron chi connectivity index (χ4n) is 2.13. The van der Waals surface area contributed by atoms with Crippen molar-refractivity contribution < 1.29 is 8.42 Å². The zero-order valence-corrected chi connectivity index (χ0v) is 10.6. The SMILES string of the molecule is Cc1[nH]ncc1S(=O)(=O)NC1CCC(N)CC1. The van der Waals surface area contributed by atoms with Gasteiger partial charge in [-0.2, -0.15) is 5.10 Å². The summed E-state index contributed by atoms with van der Waals surface area (Å²) in [5.74, 6) is 0. The Labute approximate surface area is 101 Å². The van der Waals surface area contributed by atoms with E-state index in [1.165, 1.54) is 6.20 Å². The molecule has 17 heavy (non-hydrogen) atoms. The molecule has 1 fully saturated rings. The van der Waals surface area contributed by atoms with Crippen LogP contribution in [0, 0.1) is 6.92 Å². The summed E-state index contributed by atoms with van der Waals surface area (Å²) in [6.45, 7) is 1.69. The Morgan fingerprint density at radius 3 is 2.59 bits per heavy atom. The Hall–Kier alpha value is -0.920. The molecule has 2 rings (SSSR count). The number of aromatic nitrogens is 2. The van der Waals surface area contributed by atoms with Crippen molar-refractivity contribution in [2.75, 3.05) is 0 Å². The maximum absolute atomic E-state index is 12.1. The summed E-state index contributed by atoms with van der Waals surface area (Å²) in [5, 5.41) is 6.36. The van der Waals surface area contributed by atoms with Crippen molar-refractivity contribution >= 4 is 10.0 Å². The molecular formula is C10H18N4O2S. The Morgan fingerprint density at radius 2 is 2.06 bits per heavy atom. The highest BCUT2D eigenvalue weighted by atomic mass is 32.2. The Kier molecular flexibility index (Phi) is 3.50. The summed E-state index contributed by atoms with van der Waals surface area (Å²) < 4.78 is 26.8. The Balaban J connectivity index is 2.06. The van der Waals surface area contributed by atoms with E-state index in [9.17, 15) is 8.42 Å². The van der Waals surface area contributed by atoms with E-state index in [1.54, 1.807) is 6.92 Å². The smallest absolute Gasteiger partial charge is 0.244 e. The van der Waals surface area contributed by atoms with Gasteiger partial charge in [-0.05, 0) is 32.6 Å². The average molecular weight is 258 g/mol. The van der Waals surface area contributed by atoms with E-state index in [0.29, 0.717) is 5.69 Å². The first-order valence-corrected chi connectivity index (χ1v) is 7.25. The number of aryl methyl sites for hydroxylation is 1. The lowest BCUT2D eigenvalue weighted by Crippen LogP contribution is -2.40. The van der Waals surface area contributed by atoms with E-state index in [1.807, 2.05) is 0 Å². The minimum atomic E-state index is -3.45. The zero-order valence-electron chi connectivity index (χ0n) is 9.81. The molecule has 0 aromatic carbocycles. The molecule has 0 atom stereocenters. The van der Waals surface area contributed by atoms with Crippen LogP contribution in [0.25, 0.3) is 0 Å². The fourth-order valence-corrected chi connectivity index (χ4v) is 3.57. The summed E-state index contributed by atoms with van der Waals surface area (Å²) in [5.41, 5.74) is 6.35. The van der Waals surface area contributed by atoms with E-state index in [2.05, 4.69) is 14.9 Å². The van der Waals surface area contributed by atoms with Crippen LogP contribution >= 0.6 is 0 Å². The number of aromatic amines is 1. The number of hydrogen-bond donors (Lipinski definition) is 3. The first-order chi connectivity index (χ1) is 7.99. The van der Waals surface area contributed by atoms with E-state index in [0.717, 1.165) is 25.7 Å². The molecule has 1 aliphatic rings. The molecule has 0 spiro atoms. The third-order valence-electron chi connectivity index (χ3n) is 3.17. The van der Waals surface area contributed by atoms with Crippen LogP contribution in [0.2, 0.25) is 0 Å². The van der Waals surface area contributed by atoms with Gasteiger partial charge in [-0.25, -0.2) is 13.1 Å². The monoisotopic (exact) mass is 258 g/mol. The van der Waals surface area contributed by atoms with Crippen LogP contribution in [0.1, 0.15) is 31.4 Å². The van der Waals surface area contributed by atoms with E-state index in [4.69, 9.17) is 5.73 Å². The van der Waals surface area contributed by atoms with Crippen LogP contribution in [-0.4, -0.2) is 30.7 Å². The van der Waals surface area contributed by atoms with Crippen molar-refractivity contribution in [3.05, 3.63) is 11.9 Å². The topological polar surface area (TPSA) is 101 Å². The Morgan fingerprint density at radius 1 is 1.41 bits per heavy atom. The van der Waals surface area contributed by atoms with Gasteiger partial charge in [0.2, 0.25) is 10.0 Å². The minimum Gasteiger partial charge on any atom is -0.328 e. The number of nitrogens with one attached hydrogen (secondary N) is 2. The second kappa shape index (κ2) is 4.75. The van der Waals surface area contributed by atoms with Crippen LogP contribution in [0.15, 0.2) is 11.1 Å². The van der Waals surface area contributed by atoms with Gasteiger partial charge in [-0.1, -0.05) is 0 Å². The summed E-state index contributed by atoms with van der Waals surface area (Å²) in [7, 11) is -3.45. The van der Waals surface area contributed by atoms with Gasteiger partial charge in [0.25, 0.3) is 0 Å². The molecule has 0 bridgehead atoms. The summed E-state index contributed by atoms with van der Waals surface area (Å²) >= 11 is 0. The molecule has 1 saturated carbocycles. The molecule has 0 saturated heterocycles. The number of nitrogens with two attached hydrogens (primary N) is 1. The normalized spacial score (nSPS) is 26.0. The number of rotatable bonds is 3. The van der Waals surface area contributed by atoms with Crippen LogP contribution in [0.4, 0.5) is 0 Å². The molecule has 0 radical (unpaired) electrons. The standard InChI is InChI=1S/C10H18N4O2S/c1-7-10(6-12-13-7)17(15,16)14-9-4-2-8(11)3-5-9/h6,8-9,14H,2-5,11H2,1H3,(H,12,13). The van der Waals surface area contributed by atoms with Crippen molar-refractivity contribution in [1.82, 2.24) is 14.9 Å². The molecule has 96 valence electrons. The van der Waals surface area contributed by atoms with Crippen molar-refractivity contribution in [2.45, 2.75) is 49.6 Å². The van der Waals surface area contributed by atoms with E-state index < -0.39 is 10.0 Å². The highest BCUT2D eigenvalue weighted by Gasteiger charge is 2.25. The number of H-pyrrole nitrogens is 1. The number of hydrogen-bond acceptors (Lipinski definition) is 4. The number of sulfonamides is 1. The van der Waals surface area contributed by atoms with Crippen molar-refractivity contribution in [3.63, 3.8) is 0 Å². The second-order valence-corrected chi connectivity index (χ2v) is 6.27. The third kappa shape index (κ3) is 2.85. The fraction of sp³-hybridized carbons (Fsp3) is 0.700. The lowest BCUT2D eigenvalue weighted by atomic mass is 9.93. The van der Waals surface area contributed by atoms with Gasteiger partial charge in [-0.15, -0.1) is 0 Å². The Bertz CT molecular complexity index is 474.